The summed E-state index contributed by atoms with van der Waals surface area (Å²) in [6, 6.07) is 3.36. The molecule has 1 aromatic rings. The fourth-order valence-corrected chi connectivity index (χ4v) is 1.67. The van der Waals surface area contributed by atoms with Crippen LogP contribution in [0.25, 0.3) is 5.57 Å². The minimum absolute atomic E-state index is 0.149. The molecule has 0 heterocycles. The highest BCUT2D eigenvalue weighted by molar-refractivity contribution is 5.92. The summed E-state index contributed by atoms with van der Waals surface area (Å²) in [6.45, 7) is 5.51. The van der Waals surface area contributed by atoms with Crippen LogP contribution in [0.2, 0.25) is 0 Å². The molecule has 0 aromatic heterocycles. The van der Waals surface area contributed by atoms with Gasteiger partial charge in [0.05, 0.1) is 12.7 Å². The third-order valence-electron chi connectivity index (χ3n) is 2.47. The number of ether oxygens (including phenoxy) is 1. The number of benzene rings is 1. The van der Waals surface area contributed by atoms with Crippen molar-refractivity contribution in [2.45, 2.75) is 6.92 Å². The van der Waals surface area contributed by atoms with Gasteiger partial charge < -0.3 is 9.84 Å². The number of hydrogen-bond acceptors (Lipinski definition) is 3. The van der Waals surface area contributed by atoms with Crippen LogP contribution in [-0.4, -0.2) is 18.5 Å². The van der Waals surface area contributed by atoms with Gasteiger partial charge in [0.2, 0.25) is 0 Å². The Morgan fingerprint density at radius 2 is 2.17 bits per heavy atom. The second-order valence-electron chi connectivity index (χ2n) is 3.55. The molecular weight excluding hydrogens is 228 g/mol. The highest BCUT2D eigenvalue weighted by Gasteiger charge is 2.13. The maximum Gasteiger partial charge on any atom is 0.169 e. The number of carbonyl (C=O) groups excluding carboxylic acids is 1. The predicted molar refractivity (Wildman–Crippen MR) is 73.0 cm³/mol. The normalized spacial score (nSPS) is 11.6. The van der Waals surface area contributed by atoms with Crippen LogP contribution >= 0.6 is 0 Å². The number of phenolic OH excluding ortho intramolecular Hbond substituents is 1. The van der Waals surface area contributed by atoms with Crippen LogP contribution in [0.15, 0.2) is 43.0 Å². The van der Waals surface area contributed by atoms with Crippen LogP contribution in [0.1, 0.15) is 22.8 Å². The summed E-state index contributed by atoms with van der Waals surface area (Å²) in [7, 11) is 1.44. The maximum atomic E-state index is 11.1. The van der Waals surface area contributed by atoms with E-state index in [9.17, 15) is 9.90 Å². The number of carbonyl (C=O) groups is 1. The Morgan fingerprint density at radius 1 is 1.44 bits per heavy atom. The first-order valence-corrected chi connectivity index (χ1v) is 5.50. The molecule has 3 nitrogen and oxygen atoms in total. The predicted octanol–water partition coefficient (Wildman–Crippen LogP) is 3.36. The maximum absolute atomic E-state index is 11.1. The van der Waals surface area contributed by atoms with Crippen LogP contribution < -0.4 is 4.74 Å². The summed E-state index contributed by atoms with van der Waals surface area (Å²) in [5.41, 5.74) is 1.65. The lowest BCUT2D eigenvalue weighted by Crippen LogP contribution is -1.94. The van der Waals surface area contributed by atoms with Crippen LogP contribution in [0, 0.1) is 0 Å². The zero-order valence-corrected chi connectivity index (χ0v) is 10.5. The minimum Gasteiger partial charge on any atom is -0.504 e. The third kappa shape index (κ3) is 2.69. The highest BCUT2D eigenvalue weighted by atomic mass is 16.5. The smallest absolute Gasteiger partial charge is 0.169 e. The Kier molecular flexibility index (Phi) is 4.93. The van der Waals surface area contributed by atoms with Crippen molar-refractivity contribution in [1.29, 1.82) is 0 Å². The molecule has 1 rings (SSSR count). The molecule has 0 spiro atoms. The number of methoxy groups -OCH3 is 1. The number of rotatable bonds is 5. The summed E-state index contributed by atoms with van der Waals surface area (Å²) in [5.74, 6) is 0.128. The van der Waals surface area contributed by atoms with Crippen molar-refractivity contribution < 1.29 is 14.6 Å². The molecule has 1 N–H and O–H groups in total. The standard InChI is InChI=1S/C15H16O3/c1-4-6-11(7-5-2)12-8-9-14(18-3)15(17)13(12)10-16/h4-10,17H,1H2,2-3H3/b7-5-,11-6+. The summed E-state index contributed by atoms with van der Waals surface area (Å²) in [4.78, 5) is 11.1. The fourth-order valence-electron chi connectivity index (χ4n) is 1.67. The molecule has 0 unspecified atom stereocenters. The van der Waals surface area contributed by atoms with Gasteiger partial charge in [0.15, 0.2) is 17.8 Å². The SMILES string of the molecule is C=C/C=C(\C=C/C)c1ccc(OC)c(O)c1C=O. The van der Waals surface area contributed by atoms with Crippen molar-refractivity contribution in [2.75, 3.05) is 7.11 Å². The van der Waals surface area contributed by atoms with Gasteiger partial charge in [-0.15, -0.1) is 0 Å². The van der Waals surface area contributed by atoms with Crippen molar-refractivity contribution in [2.24, 2.45) is 0 Å². The zero-order valence-electron chi connectivity index (χ0n) is 10.5. The Morgan fingerprint density at radius 3 is 2.67 bits per heavy atom. The van der Waals surface area contributed by atoms with Crippen molar-refractivity contribution >= 4 is 11.9 Å². The van der Waals surface area contributed by atoms with E-state index in [1.807, 2.05) is 19.1 Å². The molecule has 18 heavy (non-hydrogen) atoms. The summed E-state index contributed by atoms with van der Waals surface area (Å²) in [6.07, 6.45) is 7.72. The first-order valence-electron chi connectivity index (χ1n) is 5.50. The van der Waals surface area contributed by atoms with E-state index in [1.165, 1.54) is 7.11 Å². The fraction of sp³-hybridized carbons (Fsp3) is 0.133. The van der Waals surface area contributed by atoms with Gasteiger partial charge in [-0.3, -0.25) is 4.79 Å². The van der Waals surface area contributed by atoms with Gasteiger partial charge in [0, 0.05) is 0 Å². The molecule has 0 saturated heterocycles. The first-order chi connectivity index (χ1) is 8.69. The molecule has 0 atom stereocenters. The van der Waals surface area contributed by atoms with Gasteiger partial charge in [-0.05, 0) is 30.2 Å². The lowest BCUT2D eigenvalue weighted by Gasteiger charge is -2.11. The quantitative estimate of drug-likeness (QED) is 0.638. The topological polar surface area (TPSA) is 46.5 Å². The molecule has 0 aliphatic carbocycles. The molecule has 94 valence electrons. The zero-order chi connectivity index (χ0) is 13.5. The second-order valence-corrected chi connectivity index (χ2v) is 3.55. The van der Waals surface area contributed by atoms with Crippen LogP contribution in [-0.2, 0) is 0 Å². The molecule has 1 aromatic carbocycles. The van der Waals surface area contributed by atoms with E-state index < -0.39 is 0 Å². The van der Waals surface area contributed by atoms with Crippen LogP contribution in [0.3, 0.4) is 0 Å². The van der Waals surface area contributed by atoms with E-state index in [0.717, 1.165) is 5.57 Å². The minimum atomic E-state index is -0.149. The average molecular weight is 244 g/mol. The molecule has 0 saturated carbocycles. The molecular formula is C15H16O3. The molecule has 0 amide bonds. The van der Waals surface area contributed by atoms with E-state index in [1.54, 1.807) is 24.3 Å². The molecule has 0 bridgehead atoms. The third-order valence-corrected chi connectivity index (χ3v) is 2.47. The van der Waals surface area contributed by atoms with E-state index in [2.05, 4.69) is 6.58 Å². The Labute approximate surface area is 107 Å². The van der Waals surface area contributed by atoms with Crippen LogP contribution in [0.5, 0.6) is 11.5 Å². The van der Waals surface area contributed by atoms with E-state index >= 15 is 0 Å². The van der Waals surface area contributed by atoms with Gasteiger partial charge >= 0.3 is 0 Å². The number of hydrogen-bond donors (Lipinski definition) is 1. The monoisotopic (exact) mass is 244 g/mol. The van der Waals surface area contributed by atoms with Crippen molar-refractivity contribution in [3.8, 4) is 11.5 Å². The van der Waals surface area contributed by atoms with Crippen molar-refractivity contribution in [3.63, 3.8) is 0 Å². The number of allylic oxidation sites excluding steroid dienone is 5. The largest absolute Gasteiger partial charge is 0.504 e. The number of aromatic hydroxyl groups is 1. The molecule has 3 heteroatoms. The average Bonchev–Trinajstić information content (AvgIpc) is 2.38. The summed E-state index contributed by atoms with van der Waals surface area (Å²) < 4.78 is 4.98. The number of phenols is 1. The lowest BCUT2D eigenvalue weighted by molar-refractivity contribution is 0.112. The Bertz CT molecular complexity index is 511. The van der Waals surface area contributed by atoms with E-state index in [-0.39, 0.29) is 17.1 Å². The molecule has 0 aliphatic rings. The molecule has 0 radical (unpaired) electrons. The molecule has 0 fully saturated rings. The Hall–Kier alpha value is -2.29. The highest BCUT2D eigenvalue weighted by Crippen LogP contribution is 2.34. The summed E-state index contributed by atoms with van der Waals surface area (Å²) in [5, 5.41) is 9.92. The van der Waals surface area contributed by atoms with Gasteiger partial charge in [-0.1, -0.05) is 30.9 Å². The Balaban J connectivity index is 3.49. The van der Waals surface area contributed by atoms with Gasteiger partial charge in [0.25, 0.3) is 0 Å². The number of aldehydes is 1. The first kappa shape index (κ1) is 13.8. The van der Waals surface area contributed by atoms with Gasteiger partial charge in [-0.2, -0.15) is 0 Å². The molecule has 0 aliphatic heterocycles. The van der Waals surface area contributed by atoms with Crippen LogP contribution in [0.4, 0.5) is 0 Å². The van der Waals surface area contributed by atoms with E-state index in [4.69, 9.17) is 4.74 Å². The lowest BCUT2D eigenvalue weighted by atomic mass is 9.98. The second kappa shape index (κ2) is 6.45. The van der Waals surface area contributed by atoms with Crippen molar-refractivity contribution in [3.05, 3.63) is 54.1 Å². The van der Waals surface area contributed by atoms with Crippen molar-refractivity contribution in [1.82, 2.24) is 0 Å². The van der Waals surface area contributed by atoms with Gasteiger partial charge in [-0.25, -0.2) is 0 Å². The van der Waals surface area contributed by atoms with Gasteiger partial charge in [0.1, 0.15) is 0 Å². The van der Waals surface area contributed by atoms with E-state index in [0.29, 0.717) is 11.8 Å². The summed E-state index contributed by atoms with van der Waals surface area (Å²) >= 11 is 0.